The Kier molecular flexibility index (Phi) is 6.77. The Balaban J connectivity index is 1.79. The number of benzene rings is 1. The second-order valence-electron chi connectivity index (χ2n) is 5.58. The lowest BCUT2D eigenvalue weighted by molar-refractivity contribution is -0.124. The summed E-state index contributed by atoms with van der Waals surface area (Å²) >= 11 is 0. The van der Waals surface area contributed by atoms with E-state index in [4.69, 9.17) is 11.2 Å². The highest BCUT2D eigenvalue weighted by atomic mass is 16.5. The lowest BCUT2D eigenvalue weighted by Crippen LogP contribution is -2.41. The van der Waals surface area contributed by atoms with E-state index in [1.165, 1.54) is 0 Å². The third-order valence-electron chi connectivity index (χ3n) is 3.73. The molecule has 1 aromatic rings. The van der Waals surface area contributed by atoms with Crippen molar-refractivity contribution in [2.75, 3.05) is 18.4 Å². The molecule has 25 heavy (non-hydrogen) atoms. The lowest BCUT2D eigenvalue weighted by atomic mass is 10.1. The zero-order valence-electron chi connectivity index (χ0n) is 13.5. The van der Waals surface area contributed by atoms with Crippen LogP contribution in [0.15, 0.2) is 30.3 Å². The largest absolute Gasteiger partial charge is 0.388 e. The molecule has 1 aliphatic heterocycles. The van der Waals surface area contributed by atoms with Gasteiger partial charge in [-0.2, -0.15) is 0 Å². The number of para-hydroxylation sites is 1. The molecule has 0 saturated carbocycles. The summed E-state index contributed by atoms with van der Waals surface area (Å²) in [5, 5.41) is 27.6. The molecule has 134 valence electrons. The SMILES string of the molecule is C#CCNC(=O)C[C@@H]1O[C@H](CNC(=O)Nc2ccccc2)[C@@H](O)[C@H]1O. The van der Waals surface area contributed by atoms with Crippen LogP contribution in [0.2, 0.25) is 0 Å². The van der Waals surface area contributed by atoms with Gasteiger partial charge >= 0.3 is 6.03 Å². The summed E-state index contributed by atoms with van der Waals surface area (Å²) in [6.45, 7) is 0.0637. The Morgan fingerprint density at radius 2 is 1.80 bits per heavy atom. The summed E-state index contributed by atoms with van der Waals surface area (Å²) in [6.07, 6.45) is 0.806. The maximum atomic E-state index is 11.8. The zero-order valence-corrected chi connectivity index (χ0v) is 13.5. The second kappa shape index (κ2) is 9.03. The van der Waals surface area contributed by atoms with Crippen LogP contribution in [0.5, 0.6) is 0 Å². The quantitative estimate of drug-likeness (QED) is 0.442. The van der Waals surface area contributed by atoms with Crippen molar-refractivity contribution in [2.24, 2.45) is 0 Å². The molecule has 5 N–H and O–H groups in total. The van der Waals surface area contributed by atoms with Crippen LogP contribution >= 0.6 is 0 Å². The maximum Gasteiger partial charge on any atom is 0.319 e. The van der Waals surface area contributed by atoms with E-state index in [1.54, 1.807) is 24.3 Å². The minimum Gasteiger partial charge on any atom is -0.388 e. The maximum absolute atomic E-state index is 11.8. The minimum atomic E-state index is -1.22. The third-order valence-corrected chi connectivity index (χ3v) is 3.73. The summed E-state index contributed by atoms with van der Waals surface area (Å²) in [5.74, 6) is 1.88. The molecule has 8 nitrogen and oxygen atoms in total. The molecule has 0 radical (unpaired) electrons. The Morgan fingerprint density at radius 3 is 2.48 bits per heavy atom. The van der Waals surface area contributed by atoms with E-state index in [0.29, 0.717) is 5.69 Å². The van der Waals surface area contributed by atoms with Gasteiger partial charge < -0.3 is 30.9 Å². The number of carbonyl (C=O) groups excluding carboxylic acids is 2. The van der Waals surface area contributed by atoms with Gasteiger partial charge in [0, 0.05) is 12.2 Å². The summed E-state index contributed by atoms with van der Waals surface area (Å²) in [7, 11) is 0. The summed E-state index contributed by atoms with van der Waals surface area (Å²) in [6, 6.07) is 8.39. The van der Waals surface area contributed by atoms with Crippen LogP contribution in [0.4, 0.5) is 10.5 Å². The number of carbonyl (C=O) groups is 2. The third kappa shape index (κ3) is 5.46. The molecule has 1 saturated heterocycles. The number of amides is 3. The summed E-state index contributed by atoms with van der Waals surface area (Å²) in [4.78, 5) is 23.5. The molecule has 2 rings (SSSR count). The Morgan fingerprint density at radius 1 is 1.12 bits per heavy atom. The van der Waals surface area contributed by atoms with Gasteiger partial charge in [-0.3, -0.25) is 4.79 Å². The number of ether oxygens (including phenoxy) is 1. The fourth-order valence-corrected chi connectivity index (χ4v) is 2.46. The number of aliphatic hydroxyl groups excluding tert-OH is 2. The number of hydrogen-bond donors (Lipinski definition) is 5. The topological polar surface area (TPSA) is 120 Å². The van der Waals surface area contributed by atoms with Crippen molar-refractivity contribution in [3.8, 4) is 12.3 Å². The van der Waals surface area contributed by atoms with Crippen molar-refractivity contribution in [1.29, 1.82) is 0 Å². The van der Waals surface area contributed by atoms with Crippen molar-refractivity contribution in [3.63, 3.8) is 0 Å². The Hall–Kier alpha value is -2.60. The van der Waals surface area contributed by atoms with Gasteiger partial charge in [0.05, 0.1) is 19.1 Å². The molecule has 1 heterocycles. The van der Waals surface area contributed by atoms with Crippen LogP contribution in [0.1, 0.15) is 6.42 Å². The number of anilines is 1. The number of hydrogen-bond acceptors (Lipinski definition) is 5. The van der Waals surface area contributed by atoms with E-state index in [0.717, 1.165) is 0 Å². The van der Waals surface area contributed by atoms with Gasteiger partial charge in [0.2, 0.25) is 5.91 Å². The highest BCUT2D eigenvalue weighted by Crippen LogP contribution is 2.23. The summed E-state index contributed by atoms with van der Waals surface area (Å²) in [5.41, 5.74) is 0.621. The van der Waals surface area contributed by atoms with E-state index in [-0.39, 0.29) is 25.4 Å². The van der Waals surface area contributed by atoms with Crippen LogP contribution in [0.3, 0.4) is 0 Å². The van der Waals surface area contributed by atoms with Crippen LogP contribution in [0.25, 0.3) is 0 Å². The molecule has 1 aromatic carbocycles. The first-order valence-electron chi connectivity index (χ1n) is 7.83. The van der Waals surface area contributed by atoms with Gasteiger partial charge in [0.15, 0.2) is 0 Å². The predicted molar refractivity (Wildman–Crippen MR) is 90.6 cm³/mol. The van der Waals surface area contributed by atoms with Gasteiger partial charge in [-0.05, 0) is 12.1 Å². The van der Waals surface area contributed by atoms with Crippen molar-refractivity contribution < 1.29 is 24.5 Å². The molecular weight excluding hydrogens is 326 g/mol. The Labute approximate surface area is 145 Å². The second-order valence-corrected chi connectivity index (χ2v) is 5.58. The van der Waals surface area contributed by atoms with Crippen LogP contribution in [-0.2, 0) is 9.53 Å². The molecule has 0 aromatic heterocycles. The number of urea groups is 1. The van der Waals surface area contributed by atoms with Crippen LogP contribution in [0, 0.1) is 12.3 Å². The summed E-state index contributed by atoms with van der Waals surface area (Å²) < 4.78 is 5.48. The highest BCUT2D eigenvalue weighted by Gasteiger charge is 2.43. The zero-order chi connectivity index (χ0) is 18.2. The van der Waals surface area contributed by atoms with E-state index in [2.05, 4.69) is 21.9 Å². The number of aliphatic hydroxyl groups is 2. The van der Waals surface area contributed by atoms with E-state index < -0.39 is 30.4 Å². The highest BCUT2D eigenvalue weighted by molar-refractivity contribution is 5.89. The van der Waals surface area contributed by atoms with Crippen molar-refractivity contribution in [2.45, 2.75) is 30.8 Å². The van der Waals surface area contributed by atoms with Gasteiger partial charge in [-0.15, -0.1) is 6.42 Å². The van der Waals surface area contributed by atoms with Gasteiger partial charge in [0.1, 0.15) is 18.3 Å². The van der Waals surface area contributed by atoms with Crippen molar-refractivity contribution in [1.82, 2.24) is 10.6 Å². The lowest BCUT2D eigenvalue weighted by Gasteiger charge is -2.15. The van der Waals surface area contributed by atoms with Crippen LogP contribution in [-0.4, -0.2) is 59.7 Å². The molecule has 1 fully saturated rings. The molecule has 0 spiro atoms. The minimum absolute atomic E-state index is 0.0145. The van der Waals surface area contributed by atoms with E-state index in [1.807, 2.05) is 6.07 Å². The van der Waals surface area contributed by atoms with E-state index >= 15 is 0 Å². The molecule has 0 aliphatic carbocycles. The van der Waals surface area contributed by atoms with Crippen molar-refractivity contribution in [3.05, 3.63) is 30.3 Å². The Bertz CT molecular complexity index is 631. The average Bonchev–Trinajstić information content (AvgIpc) is 2.87. The first-order valence-corrected chi connectivity index (χ1v) is 7.83. The first-order chi connectivity index (χ1) is 12.0. The number of rotatable bonds is 6. The smallest absolute Gasteiger partial charge is 0.319 e. The van der Waals surface area contributed by atoms with Gasteiger partial charge in [0.25, 0.3) is 0 Å². The molecule has 0 bridgehead atoms. The predicted octanol–water partition coefficient (Wildman–Crippen LogP) is -0.563. The molecule has 0 unspecified atom stereocenters. The molecule has 3 amide bonds. The van der Waals surface area contributed by atoms with Crippen molar-refractivity contribution >= 4 is 17.6 Å². The van der Waals surface area contributed by atoms with E-state index in [9.17, 15) is 19.8 Å². The normalized spacial score (nSPS) is 25.0. The first kappa shape index (κ1) is 18.7. The molecule has 4 atom stereocenters. The fourth-order valence-electron chi connectivity index (χ4n) is 2.46. The number of terminal acetylenes is 1. The molecule has 8 heteroatoms. The van der Waals surface area contributed by atoms with Gasteiger partial charge in [-0.1, -0.05) is 24.1 Å². The standard InChI is InChI=1S/C17H21N3O5/c1-2-8-18-14(21)9-12-15(22)16(23)13(25-12)10-19-17(24)20-11-6-4-3-5-7-11/h1,3-7,12-13,15-16,22-23H,8-10H2,(H,18,21)(H2,19,20,24)/t12-,13+,15-,16+/m0/s1. The molecule has 1 aliphatic rings. The average molecular weight is 347 g/mol. The van der Waals surface area contributed by atoms with Crippen LogP contribution < -0.4 is 16.0 Å². The van der Waals surface area contributed by atoms with Gasteiger partial charge in [-0.25, -0.2) is 4.79 Å². The number of nitrogens with one attached hydrogen (secondary N) is 3. The monoisotopic (exact) mass is 347 g/mol. The molecular formula is C17H21N3O5. The fraction of sp³-hybridized carbons (Fsp3) is 0.412.